The van der Waals surface area contributed by atoms with Gasteiger partial charge in [-0.1, -0.05) is 29.8 Å². The van der Waals surface area contributed by atoms with Crippen molar-refractivity contribution < 1.29 is 4.74 Å². The monoisotopic (exact) mass is 398 g/mol. The molecule has 0 saturated carbocycles. The van der Waals surface area contributed by atoms with Gasteiger partial charge in [0.1, 0.15) is 5.82 Å². The van der Waals surface area contributed by atoms with Gasteiger partial charge in [0.2, 0.25) is 0 Å². The van der Waals surface area contributed by atoms with Crippen LogP contribution in [0.4, 0.5) is 0 Å². The Kier molecular flexibility index (Phi) is 5.62. The van der Waals surface area contributed by atoms with E-state index >= 15 is 0 Å². The van der Waals surface area contributed by atoms with E-state index in [1.54, 1.807) is 16.7 Å². The van der Waals surface area contributed by atoms with Crippen molar-refractivity contribution in [1.29, 1.82) is 0 Å². The summed E-state index contributed by atoms with van der Waals surface area (Å²) in [5, 5.41) is 4.41. The third kappa shape index (κ3) is 3.63. The lowest BCUT2D eigenvalue weighted by Crippen LogP contribution is -2.44. The van der Waals surface area contributed by atoms with Crippen molar-refractivity contribution in [1.82, 2.24) is 19.8 Å². The van der Waals surface area contributed by atoms with Crippen LogP contribution in [0.1, 0.15) is 12.7 Å². The van der Waals surface area contributed by atoms with E-state index in [-0.39, 0.29) is 5.56 Å². The van der Waals surface area contributed by atoms with Gasteiger partial charge in [0.15, 0.2) is 5.75 Å². The third-order valence-electron chi connectivity index (χ3n) is 4.90. The topological polar surface area (TPSA) is 59.4 Å². The van der Waals surface area contributed by atoms with Gasteiger partial charge in [0, 0.05) is 26.2 Å². The molecule has 0 aliphatic carbocycles. The van der Waals surface area contributed by atoms with E-state index in [1.165, 1.54) is 0 Å². The normalized spacial score (nSPS) is 15.1. The molecule has 146 valence electrons. The SMILES string of the molecule is CCOc1c(Cl)cccc1-n1c(CN2CCNCC2)nc2ccccc2c1=O. The van der Waals surface area contributed by atoms with Crippen molar-refractivity contribution in [2.45, 2.75) is 13.5 Å². The zero-order valence-electron chi connectivity index (χ0n) is 15.8. The van der Waals surface area contributed by atoms with E-state index < -0.39 is 0 Å². The first-order valence-electron chi connectivity index (χ1n) is 9.54. The van der Waals surface area contributed by atoms with E-state index in [0.717, 1.165) is 26.2 Å². The highest BCUT2D eigenvalue weighted by Crippen LogP contribution is 2.32. The molecule has 0 atom stereocenters. The van der Waals surface area contributed by atoms with Crippen LogP contribution in [0.25, 0.3) is 16.6 Å². The van der Waals surface area contributed by atoms with E-state index in [2.05, 4.69) is 10.2 Å². The maximum Gasteiger partial charge on any atom is 0.266 e. The van der Waals surface area contributed by atoms with E-state index in [0.29, 0.717) is 46.3 Å². The van der Waals surface area contributed by atoms with Crippen molar-refractivity contribution in [3.05, 3.63) is 63.7 Å². The van der Waals surface area contributed by atoms with Crippen molar-refractivity contribution in [2.24, 2.45) is 0 Å². The van der Waals surface area contributed by atoms with Crippen LogP contribution in [0, 0.1) is 0 Å². The summed E-state index contributed by atoms with van der Waals surface area (Å²) in [4.78, 5) is 20.6. The van der Waals surface area contributed by atoms with Crippen LogP contribution in [0.3, 0.4) is 0 Å². The van der Waals surface area contributed by atoms with Gasteiger partial charge in [-0.25, -0.2) is 4.98 Å². The molecule has 0 amide bonds. The second-order valence-corrected chi connectivity index (χ2v) is 7.14. The standard InChI is InChI=1S/C21H23ClN4O2/c1-2-28-20-16(22)7-5-9-18(20)26-19(14-25-12-10-23-11-13-25)24-17-8-4-3-6-15(17)21(26)27/h3-9,23H,2,10-14H2,1H3. The van der Waals surface area contributed by atoms with Gasteiger partial charge in [-0.2, -0.15) is 0 Å². The molecular formula is C21H23ClN4O2. The molecule has 0 unspecified atom stereocenters. The van der Waals surface area contributed by atoms with E-state index in [9.17, 15) is 4.79 Å². The Labute approximate surface area is 168 Å². The Morgan fingerprint density at radius 1 is 1.14 bits per heavy atom. The first-order chi connectivity index (χ1) is 13.7. The molecule has 2 heterocycles. The van der Waals surface area contributed by atoms with Gasteiger partial charge >= 0.3 is 0 Å². The van der Waals surface area contributed by atoms with Crippen molar-refractivity contribution in [3.8, 4) is 11.4 Å². The Morgan fingerprint density at radius 2 is 1.93 bits per heavy atom. The van der Waals surface area contributed by atoms with Crippen LogP contribution < -0.4 is 15.6 Å². The molecule has 1 aliphatic heterocycles. The van der Waals surface area contributed by atoms with Gasteiger partial charge in [-0.05, 0) is 31.2 Å². The molecule has 4 rings (SSSR count). The highest BCUT2D eigenvalue weighted by Gasteiger charge is 2.20. The maximum atomic E-state index is 13.5. The zero-order valence-corrected chi connectivity index (χ0v) is 16.6. The summed E-state index contributed by atoms with van der Waals surface area (Å²) >= 11 is 6.39. The Bertz CT molecular complexity index is 1040. The average molecular weight is 399 g/mol. The summed E-state index contributed by atoms with van der Waals surface area (Å²) in [5.41, 5.74) is 1.22. The molecule has 1 aliphatic rings. The largest absolute Gasteiger partial charge is 0.490 e. The number of fused-ring (bicyclic) bond motifs is 1. The summed E-state index contributed by atoms with van der Waals surface area (Å²) in [6, 6.07) is 12.9. The van der Waals surface area contributed by atoms with Gasteiger partial charge in [-0.3, -0.25) is 14.3 Å². The number of benzene rings is 2. The Hall–Kier alpha value is -2.41. The smallest absolute Gasteiger partial charge is 0.266 e. The number of hydrogen-bond acceptors (Lipinski definition) is 5. The quantitative estimate of drug-likeness (QED) is 0.716. The van der Waals surface area contributed by atoms with Crippen LogP contribution >= 0.6 is 11.6 Å². The third-order valence-corrected chi connectivity index (χ3v) is 5.19. The molecule has 7 heteroatoms. The molecule has 0 bridgehead atoms. The molecule has 1 fully saturated rings. The maximum absolute atomic E-state index is 13.5. The molecular weight excluding hydrogens is 376 g/mol. The lowest BCUT2D eigenvalue weighted by Gasteiger charge is -2.28. The number of nitrogens with one attached hydrogen (secondary N) is 1. The molecule has 1 N–H and O–H groups in total. The van der Waals surface area contributed by atoms with Crippen LogP contribution in [-0.4, -0.2) is 47.2 Å². The van der Waals surface area contributed by atoms with Gasteiger partial charge in [0.05, 0.1) is 34.8 Å². The number of rotatable bonds is 5. The molecule has 1 aromatic heterocycles. The van der Waals surface area contributed by atoms with E-state index in [1.807, 2.05) is 37.3 Å². The van der Waals surface area contributed by atoms with Gasteiger partial charge in [-0.15, -0.1) is 0 Å². The lowest BCUT2D eigenvalue weighted by atomic mass is 10.2. The minimum Gasteiger partial charge on any atom is -0.490 e. The minimum absolute atomic E-state index is 0.112. The fourth-order valence-electron chi connectivity index (χ4n) is 3.56. The Morgan fingerprint density at radius 3 is 2.71 bits per heavy atom. The van der Waals surface area contributed by atoms with Crippen molar-refractivity contribution >= 4 is 22.5 Å². The lowest BCUT2D eigenvalue weighted by molar-refractivity contribution is 0.226. The van der Waals surface area contributed by atoms with Gasteiger partial charge in [0.25, 0.3) is 5.56 Å². The highest BCUT2D eigenvalue weighted by molar-refractivity contribution is 6.32. The number of aromatic nitrogens is 2. The first-order valence-corrected chi connectivity index (χ1v) is 9.92. The van der Waals surface area contributed by atoms with Crippen molar-refractivity contribution in [3.63, 3.8) is 0 Å². The molecule has 3 aromatic rings. The summed E-state index contributed by atoms with van der Waals surface area (Å²) in [5.74, 6) is 1.20. The number of ether oxygens (including phenoxy) is 1. The van der Waals surface area contributed by atoms with Crippen molar-refractivity contribution in [2.75, 3.05) is 32.8 Å². The zero-order chi connectivity index (χ0) is 19.5. The first kappa shape index (κ1) is 18.9. The molecule has 1 saturated heterocycles. The summed E-state index contributed by atoms with van der Waals surface area (Å²) < 4.78 is 7.45. The van der Waals surface area contributed by atoms with Gasteiger partial charge < -0.3 is 10.1 Å². The fraction of sp³-hybridized carbons (Fsp3) is 0.333. The average Bonchev–Trinajstić information content (AvgIpc) is 2.71. The number of halogens is 1. The minimum atomic E-state index is -0.112. The molecule has 0 spiro atoms. The predicted octanol–water partition coefficient (Wildman–Crippen LogP) is 2.84. The number of piperazine rings is 1. The number of nitrogens with zero attached hydrogens (tertiary/aromatic N) is 3. The van der Waals surface area contributed by atoms with E-state index in [4.69, 9.17) is 21.3 Å². The number of hydrogen-bond donors (Lipinski definition) is 1. The Balaban J connectivity index is 1.93. The second kappa shape index (κ2) is 8.31. The summed E-state index contributed by atoms with van der Waals surface area (Å²) in [7, 11) is 0. The highest BCUT2D eigenvalue weighted by atomic mass is 35.5. The molecule has 0 radical (unpaired) electrons. The predicted molar refractivity (Wildman–Crippen MR) is 112 cm³/mol. The summed E-state index contributed by atoms with van der Waals surface area (Å²) in [6.07, 6.45) is 0. The second-order valence-electron chi connectivity index (χ2n) is 6.73. The van der Waals surface area contributed by atoms with Crippen LogP contribution in [-0.2, 0) is 6.54 Å². The molecule has 2 aromatic carbocycles. The van der Waals surface area contributed by atoms with Crippen LogP contribution in [0.2, 0.25) is 5.02 Å². The van der Waals surface area contributed by atoms with Crippen LogP contribution in [0.5, 0.6) is 5.75 Å². The fourth-order valence-corrected chi connectivity index (χ4v) is 3.79. The summed E-state index contributed by atoms with van der Waals surface area (Å²) in [6.45, 7) is 6.63. The molecule has 6 nitrogen and oxygen atoms in total. The molecule has 28 heavy (non-hydrogen) atoms. The number of para-hydroxylation sites is 2. The van der Waals surface area contributed by atoms with Crippen LogP contribution in [0.15, 0.2) is 47.3 Å².